The number of pyridine rings is 1. The molecule has 0 atom stereocenters. The van der Waals surface area contributed by atoms with E-state index in [9.17, 15) is 0 Å². The van der Waals surface area contributed by atoms with Crippen molar-refractivity contribution in [3.63, 3.8) is 0 Å². The molecule has 0 N–H and O–H groups in total. The third-order valence-electron chi connectivity index (χ3n) is 3.51. The normalized spacial score (nSPS) is 18.5. The van der Waals surface area contributed by atoms with E-state index in [1.165, 1.54) is 5.69 Å². The van der Waals surface area contributed by atoms with E-state index in [0.717, 1.165) is 43.0 Å². The molecule has 0 bridgehead atoms. The highest BCUT2D eigenvalue weighted by molar-refractivity contribution is 5.39. The predicted octanol–water partition coefficient (Wildman–Crippen LogP) is -1.68. The molecule has 3 heterocycles. The molecule has 0 aromatic carbocycles. The highest BCUT2D eigenvalue weighted by Gasteiger charge is 2.26. The first-order valence-electron chi connectivity index (χ1n) is 6.09. The minimum absolute atomic E-state index is 0. The lowest BCUT2D eigenvalue weighted by Crippen LogP contribution is -3.00. The van der Waals surface area contributed by atoms with Gasteiger partial charge in [-0.05, 0) is 12.1 Å². The summed E-state index contributed by atoms with van der Waals surface area (Å²) in [5, 5.41) is 0. The van der Waals surface area contributed by atoms with E-state index in [2.05, 4.69) is 22.6 Å². The molecule has 1 aliphatic rings. The Morgan fingerprint density at radius 3 is 2.83 bits per heavy atom. The van der Waals surface area contributed by atoms with Crippen molar-refractivity contribution in [3.05, 3.63) is 36.3 Å². The molecule has 2 aromatic heterocycles. The Bertz CT molecular complexity index is 487. The molecule has 98 valence electrons. The fourth-order valence-electron chi connectivity index (χ4n) is 2.40. The van der Waals surface area contributed by atoms with Crippen LogP contribution in [0.15, 0.2) is 30.6 Å². The van der Waals surface area contributed by atoms with Crippen LogP contribution >= 0.6 is 0 Å². The van der Waals surface area contributed by atoms with Gasteiger partial charge in [-0.25, -0.2) is 4.98 Å². The molecule has 0 saturated carbocycles. The summed E-state index contributed by atoms with van der Waals surface area (Å²) < 4.78 is 8.54. The maximum Gasteiger partial charge on any atom is 0.137 e. The second-order valence-electron chi connectivity index (χ2n) is 5.04. The fourth-order valence-corrected chi connectivity index (χ4v) is 2.40. The molecule has 0 unspecified atom stereocenters. The van der Waals surface area contributed by atoms with Crippen LogP contribution < -0.4 is 17.0 Å². The zero-order chi connectivity index (χ0) is 11.7. The Morgan fingerprint density at radius 2 is 2.11 bits per heavy atom. The number of nitrogens with zero attached hydrogens (tertiary/aromatic N) is 3. The molecule has 3 rings (SSSR count). The number of likely N-dealkylation sites (N-methyl/N-ethyl adjacent to an activating group) is 1. The van der Waals surface area contributed by atoms with Crippen molar-refractivity contribution in [3.8, 4) is 0 Å². The van der Waals surface area contributed by atoms with Gasteiger partial charge in [0, 0.05) is 12.4 Å². The van der Waals surface area contributed by atoms with Crippen LogP contribution in [0, 0.1) is 0 Å². The maximum absolute atomic E-state index is 5.42. The number of morpholine rings is 1. The van der Waals surface area contributed by atoms with Gasteiger partial charge in [0.1, 0.15) is 31.0 Å². The number of aromatic nitrogens is 2. The van der Waals surface area contributed by atoms with E-state index in [4.69, 9.17) is 4.74 Å². The number of imidazole rings is 1. The highest BCUT2D eigenvalue weighted by atomic mass is 79.9. The second-order valence-corrected chi connectivity index (χ2v) is 5.04. The molecule has 0 radical (unpaired) electrons. The van der Waals surface area contributed by atoms with Gasteiger partial charge in [0.15, 0.2) is 0 Å². The van der Waals surface area contributed by atoms with Crippen molar-refractivity contribution in [2.24, 2.45) is 0 Å². The van der Waals surface area contributed by atoms with Crippen LogP contribution in [0.3, 0.4) is 0 Å². The van der Waals surface area contributed by atoms with Gasteiger partial charge in [-0.15, -0.1) is 0 Å². The summed E-state index contributed by atoms with van der Waals surface area (Å²) in [6, 6.07) is 6.10. The topological polar surface area (TPSA) is 26.5 Å². The Balaban J connectivity index is 0.00000120. The maximum atomic E-state index is 5.42. The Labute approximate surface area is 118 Å². The van der Waals surface area contributed by atoms with Crippen LogP contribution in [0.1, 0.15) is 5.69 Å². The Kier molecular flexibility index (Phi) is 4.04. The van der Waals surface area contributed by atoms with Gasteiger partial charge in [0.05, 0.1) is 20.3 Å². The van der Waals surface area contributed by atoms with Gasteiger partial charge in [-0.2, -0.15) is 0 Å². The lowest BCUT2D eigenvalue weighted by atomic mass is 10.3. The van der Waals surface area contributed by atoms with Crippen LogP contribution in [0.5, 0.6) is 0 Å². The molecule has 1 saturated heterocycles. The second kappa shape index (κ2) is 5.38. The SMILES string of the molecule is C[N+]1(Cc2cn3ccccc3n2)CCOCC1.[Br-]. The van der Waals surface area contributed by atoms with E-state index in [1.807, 2.05) is 24.4 Å². The average molecular weight is 312 g/mol. The van der Waals surface area contributed by atoms with Crippen molar-refractivity contribution >= 4 is 5.65 Å². The van der Waals surface area contributed by atoms with E-state index >= 15 is 0 Å². The van der Waals surface area contributed by atoms with Crippen LogP contribution in [0.4, 0.5) is 0 Å². The number of fused-ring (bicyclic) bond motifs is 1. The number of quaternary nitrogens is 1. The summed E-state index contributed by atoms with van der Waals surface area (Å²) in [7, 11) is 2.28. The fraction of sp³-hybridized carbons (Fsp3) is 0.462. The molecule has 18 heavy (non-hydrogen) atoms. The summed E-state index contributed by atoms with van der Waals surface area (Å²) in [5.74, 6) is 0. The first kappa shape index (κ1) is 13.5. The minimum atomic E-state index is 0. The zero-order valence-corrected chi connectivity index (χ0v) is 12.1. The average Bonchev–Trinajstić information content (AvgIpc) is 2.71. The first-order valence-corrected chi connectivity index (χ1v) is 6.09. The lowest BCUT2D eigenvalue weighted by molar-refractivity contribution is -0.929. The quantitative estimate of drug-likeness (QED) is 0.619. The molecule has 0 amide bonds. The lowest BCUT2D eigenvalue weighted by Gasteiger charge is -2.36. The molecule has 5 heteroatoms. The van der Waals surface area contributed by atoms with Gasteiger partial charge < -0.3 is 30.6 Å². The van der Waals surface area contributed by atoms with Crippen LogP contribution in [-0.4, -0.2) is 47.2 Å². The van der Waals surface area contributed by atoms with Gasteiger partial charge in [-0.1, -0.05) is 6.07 Å². The number of hydrogen-bond donors (Lipinski definition) is 0. The van der Waals surface area contributed by atoms with E-state index < -0.39 is 0 Å². The van der Waals surface area contributed by atoms with Crippen molar-refractivity contribution in [1.29, 1.82) is 0 Å². The minimum Gasteiger partial charge on any atom is -1.00 e. The zero-order valence-electron chi connectivity index (χ0n) is 10.6. The molecule has 0 aliphatic carbocycles. The largest absolute Gasteiger partial charge is 1.00 e. The van der Waals surface area contributed by atoms with Crippen LogP contribution in [0.25, 0.3) is 5.65 Å². The van der Waals surface area contributed by atoms with Crippen LogP contribution in [-0.2, 0) is 11.3 Å². The highest BCUT2D eigenvalue weighted by Crippen LogP contribution is 2.14. The van der Waals surface area contributed by atoms with Gasteiger partial charge in [0.25, 0.3) is 0 Å². The molecule has 1 fully saturated rings. The van der Waals surface area contributed by atoms with E-state index in [0.29, 0.717) is 0 Å². The summed E-state index contributed by atoms with van der Waals surface area (Å²) in [5.41, 5.74) is 2.20. The summed E-state index contributed by atoms with van der Waals surface area (Å²) >= 11 is 0. The monoisotopic (exact) mass is 311 g/mol. The van der Waals surface area contributed by atoms with E-state index in [-0.39, 0.29) is 17.0 Å². The van der Waals surface area contributed by atoms with Crippen molar-refractivity contribution in [1.82, 2.24) is 9.38 Å². The number of halogens is 1. The van der Waals surface area contributed by atoms with Gasteiger partial charge >= 0.3 is 0 Å². The summed E-state index contributed by atoms with van der Waals surface area (Å²) in [6.07, 6.45) is 4.18. The van der Waals surface area contributed by atoms with Gasteiger partial charge in [-0.3, -0.25) is 0 Å². The summed E-state index contributed by atoms with van der Waals surface area (Å²) in [4.78, 5) is 4.66. The number of rotatable bonds is 2. The standard InChI is InChI=1S/C13H18N3O.BrH/c1-16(6-8-17-9-7-16)11-12-10-15-5-3-2-4-13(15)14-12;/h2-5,10H,6-9,11H2,1H3;1H/q+1;/p-1. The predicted molar refractivity (Wildman–Crippen MR) is 65.6 cm³/mol. The molecule has 4 nitrogen and oxygen atoms in total. The molecule has 0 spiro atoms. The molecule has 2 aromatic rings. The Hall–Kier alpha value is -0.910. The Morgan fingerprint density at radius 1 is 1.33 bits per heavy atom. The number of hydrogen-bond acceptors (Lipinski definition) is 2. The molecule has 1 aliphatic heterocycles. The smallest absolute Gasteiger partial charge is 0.137 e. The molecular weight excluding hydrogens is 294 g/mol. The van der Waals surface area contributed by atoms with Gasteiger partial charge in [0.2, 0.25) is 0 Å². The van der Waals surface area contributed by atoms with Crippen molar-refractivity contribution in [2.75, 3.05) is 33.4 Å². The van der Waals surface area contributed by atoms with E-state index in [1.54, 1.807) is 0 Å². The number of ether oxygens (including phenoxy) is 1. The third-order valence-corrected chi connectivity index (χ3v) is 3.51. The molecular formula is C13H18BrN3O. The van der Waals surface area contributed by atoms with Crippen molar-refractivity contribution in [2.45, 2.75) is 6.54 Å². The summed E-state index contributed by atoms with van der Waals surface area (Å²) in [6.45, 7) is 4.88. The third kappa shape index (κ3) is 2.74. The first-order chi connectivity index (χ1) is 8.25. The van der Waals surface area contributed by atoms with Crippen molar-refractivity contribution < 1.29 is 26.2 Å². The van der Waals surface area contributed by atoms with Crippen LogP contribution in [0.2, 0.25) is 0 Å².